The fourth-order valence-electron chi connectivity index (χ4n) is 1.12. The van der Waals surface area contributed by atoms with E-state index in [1.807, 2.05) is 0 Å². The van der Waals surface area contributed by atoms with Gasteiger partial charge in [-0.3, -0.25) is 9.59 Å². The zero-order chi connectivity index (χ0) is 14.1. The standard InChI is InChI=1S/C10H19N3O5/c11-4-2-1-3-6(12)10(17)18-8(14)5-7(13)9(15)16/h6-7H,1-5,11-13H2,(H,15,16)/t6-,7?/m0/s1. The molecule has 0 aromatic rings. The maximum atomic E-state index is 11.3. The summed E-state index contributed by atoms with van der Waals surface area (Å²) in [5, 5.41) is 8.46. The molecule has 8 nitrogen and oxygen atoms in total. The molecule has 0 aliphatic carbocycles. The Hall–Kier alpha value is -1.51. The van der Waals surface area contributed by atoms with Gasteiger partial charge in [0.2, 0.25) is 0 Å². The predicted molar refractivity (Wildman–Crippen MR) is 62.2 cm³/mol. The van der Waals surface area contributed by atoms with E-state index in [-0.39, 0.29) is 0 Å². The third-order valence-electron chi connectivity index (χ3n) is 2.19. The average molecular weight is 261 g/mol. The van der Waals surface area contributed by atoms with Gasteiger partial charge in [-0.05, 0) is 19.4 Å². The Balaban J connectivity index is 3.99. The lowest BCUT2D eigenvalue weighted by Crippen LogP contribution is -2.37. The van der Waals surface area contributed by atoms with E-state index in [1.54, 1.807) is 0 Å². The lowest BCUT2D eigenvalue weighted by Gasteiger charge is -2.10. The summed E-state index contributed by atoms with van der Waals surface area (Å²) < 4.78 is 4.39. The molecule has 18 heavy (non-hydrogen) atoms. The van der Waals surface area contributed by atoms with Gasteiger partial charge in [-0.25, -0.2) is 4.79 Å². The summed E-state index contributed by atoms with van der Waals surface area (Å²) in [5.74, 6) is -3.22. The molecule has 0 aliphatic heterocycles. The number of rotatable bonds is 8. The summed E-state index contributed by atoms with van der Waals surface area (Å²) in [5.41, 5.74) is 15.9. The van der Waals surface area contributed by atoms with Crippen LogP contribution >= 0.6 is 0 Å². The normalized spacial score (nSPS) is 13.7. The Bertz CT molecular complexity index is 308. The van der Waals surface area contributed by atoms with Crippen molar-refractivity contribution >= 4 is 17.9 Å². The first kappa shape index (κ1) is 16.5. The van der Waals surface area contributed by atoms with Crippen molar-refractivity contribution in [3.05, 3.63) is 0 Å². The van der Waals surface area contributed by atoms with Crippen molar-refractivity contribution < 1.29 is 24.2 Å². The van der Waals surface area contributed by atoms with Crippen LogP contribution in [0.3, 0.4) is 0 Å². The second-order valence-corrected chi connectivity index (χ2v) is 3.83. The molecule has 2 atom stereocenters. The Morgan fingerprint density at radius 3 is 2.22 bits per heavy atom. The smallest absolute Gasteiger partial charge is 0.330 e. The van der Waals surface area contributed by atoms with Gasteiger partial charge in [0.25, 0.3) is 0 Å². The number of unbranched alkanes of at least 4 members (excludes halogenated alkanes) is 1. The van der Waals surface area contributed by atoms with Gasteiger partial charge in [0.15, 0.2) is 0 Å². The number of hydrogen-bond donors (Lipinski definition) is 4. The van der Waals surface area contributed by atoms with E-state index in [9.17, 15) is 14.4 Å². The quantitative estimate of drug-likeness (QED) is 0.229. The molecule has 0 saturated heterocycles. The number of esters is 2. The van der Waals surface area contributed by atoms with Gasteiger partial charge in [-0.15, -0.1) is 0 Å². The summed E-state index contributed by atoms with van der Waals surface area (Å²) in [6, 6.07) is -2.31. The molecule has 1 unspecified atom stereocenters. The van der Waals surface area contributed by atoms with Crippen molar-refractivity contribution in [2.45, 2.75) is 37.8 Å². The third-order valence-corrected chi connectivity index (χ3v) is 2.19. The van der Waals surface area contributed by atoms with Crippen LogP contribution in [0.25, 0.3) is 0 Å². The predicted octanol–water partition coefficient (Wildman–Crippen LogP) is -1.69. The van der Waals surface area contributed by atoms with Gasteiger partial charge in [0.05, 0.1) is 6.42 Å². The molecular weight excluding hydrogens is 242 g/mol. The highest BCUT2D eigenvalue weighted by Crippen LogP contribution is 2.01. The van der Waals surface area contributed by atoms with Crippen molar-refractivity contribution in [1.82, 2.24) is 0 Å². The van der Waals surface area contributed by atoms with E-state index in [0.717, 1.165) is 6.42 Å². The van der Waals surface area contributed by atoms with Gasteiger partial charge >= 0.3 is 17.9 Å². The first-order valence-corrected chi connectivity index (χ1v) is 5.57. The number of carbonyl (C=O) groups excluding carboxylic acids is 2. The molecular formula is C10H19N3O5. The molecule has 0 rings (SSSR count). The first-order valence-electron chi connectivity index (χ1n) is 5.57. The van der Waals surface area contributed by atoms with Gasteiger partial charge < -0.3 is 27.0 Å². The maximum Gasteiger partial charge on any atom is 0.330 e. The van der Waals surface area contributed by atoms with E-state index in [0.29, 0.717) is 19.4 Å². The van der Waals surface area contributed by atoms with Crippen molar-refractivity contribution in [1.29, 1.82) is 0 Å². The van der Waals surface area contributed by atoms with Crippen LogP contribution in [0.1, 0.15) is 25.7 Å². The molecule has 0 heterocycles. The van der Waals surface area contributed by atoms with Crippen molar-refractivity contribution in [2.75, 3.05) is 6.54 Å². The van der Waals surface area contributed by atoms with Crippen LogP contribution in [-0.2, 0) is 19.1 Å². The number of carbonyl (C=O) groups is 3. The molecule has 0 aromatic carbocycles. The number of carboxylic acid groups (broad SMARTS) is 1. The van der Waals surface area contributed by atoms with Crippen LogP contribution < -0.4 is 17.2 Å². The Kier molecular flexibility index (Phi) is 7.84. The van der Waals surface area contributed by atoms with Crippen LogP contribution in [0, 0.1) is 0 Å². The topological polar surface area (TPSA) is 159 Å². The van der Waals surface area contributed by atoms with Crippen LogP contribution in [0.4, 0.5) is 0 Å². The second-order valence-electron chi connectivity index (χ2n) is 3.83. The highest BCUT2D eigenvalue weighted by molar-refractivity contribution is 5.90. The molecule has 0 amide bonds. The van der Waals surface area contributed by atoms with Crippen LogP contribution in [-0.4, -0.2) is 41.6 Å². The molecule has 104 valence electrons. The van der Waals surface area contributed by atoms with Crippen LogP contribution in [0.2, 0.25) is 0 Å². The van der Waals surface area contributed by atoms with Crippen molar-refractivity contribution in [3.8, 4) is 0 Å². The number of aliphatic carboxylic acids is 1. The maximum absolute atomic E-state index is 11.3. The molecule has 0 bridgehead atoms. The molecule has 8 heteroatoms. The summed E-state index contributed by atoms with van der Waals surface area (Å²) in [6.07, 6.45) is 1.15. The third kappa shape index (κ3) is 6.94. The summed E-state index contributed by atoms with van der Waals surface area (Å²) in [4.78, 5) is 32.8. The minimum absolute atomic E-state index is 0.355. The zero-order valence-electron chi connectivity index (χ0n) is 10.0. The molecule has 0 spiro atoms. The molecule has 0 saturated carbocycles. The molecule has 0 fully saturated rings. The lowest BCUT2D eigenvalue weighted by atomic mass is 10.1. The van der Waals surface area contributed by atoms with Crippen molar-refractivity contribution in [2.24, 2.45) is 17.2 Å². The summed E-state index contributed by atoms with van der Waals surface area (Å²) >= 11 is 0. The summed E-state index contributed by atoms with van der Waals surface area (Å²) in [6.45, 7) is 0.494. The summed E-state index contributed by atoms with van der Waals surface area (Å²) in [7, 11) is 0. The second kappa shape index (κ2) is 8.56. The van der Waals surface area contributed by atoms with E-state index < -0.39 is 36.4 Å². The minimum Gasteiger partial charge on any atom is -0.480 e. The van der Waals surface area contributed by atoms with Gasteiger partial charge in [-0.2, -0.15) is 0 Å². The van der Waals surface area contributed by atoms with Crippen LogP contribution in [0.5, 0.6) is 0 Å². The minimum atomic E-state index is -1.39. The van der Waals surface area contributed by atoms with E-state index >= 15 is 0 Å². The largest absolute Gasteiger partial charge is 0.480 e. The number of hydrogen-bond acceptors (Lipinski definition) is 7. The fraction of sp³-hybridized carbons (Fsp3) is 0.700. The molecule has 0 aliphatic rings. The Labute approximate surface area is 104 Å². The highest BCUT2D eigenvalue weighted by Gasteiger charge is 2.22. The van der Waals surface area contributed by atoms with Crippen LogP contribution in [0.15, 0.2) is 0 Å². The van der Waals surface area contributed by atoms with E-state index in [1.165, 1.54) is 0 Å². The SMILES string of the molecule is NCCCC[C@H](N)C(=O)OC(=O)CC(N)C(=O)O. The number of ether oxygens (including phenoxy) is 1. The van der Waals surface area contributed by atoms with E-state index in [2.05, 4.69) is 4.74 Å². The average Bonchev–Trinajstić information content (AvgIpc) is 2.28. The van der Waals surface area contributed by atoms with E-state index in [4.69, 9.17) is 22.3 Å². The first-order chi connectivity index (χ1) is 8.38. The lowest BCUT2D eigenvalue weighted by molar-refractivity contribution is -0.162. The fourth-order valence-corrected chi connectivity index (χ4v) is 1.12. The van der Waals surface area contributed by atoms with Gasteiger partial charge in [0.1, 0.15) is 12.1 Å². The molecule has 0 aromatic heterocycles. The Morgan fingerprint density at radius 2 is 1.72 bits per heavy atom. The molecule has 7 N–H and O–H groups in total. The van der Waals surface area contributed by atoms with Gasteiger partial charge in [0, 0.05) is 0 Å². The number of nitrogens with two attached hydrogens (primary N) is 3. The zero-order valence-corrected chi connectivity index (χ0v) is 10.0. The Morgan fingerprint density at radius 1 is 1.11 bits per heavy atom. The number of carboxylic acids is 1. The van der Waals surface area contributed by atoms with Crippen molar-refractivity contribution in [3.63, 3.8) is 0 Å². The van der Waals surface area contributed by atoms with Gasteiger partial charge in [-0.1, -0.05) is 6.42 Å². The molecule has 0 radical (unpaired) electrons. The highest BCUT2D eigenvalue weighted by atomic mass is 16.6. The monoisotopic (exact) mass is 261 g/mol.